The Balaban J connectivity index is 3.06. The summed E-state index contributed by atoms with van der Waals surface area (Å²) in [7, 11) is 1.29. The normalized spacial score (nSPS) is 11.3. The lowest BCUT2D eigenvalue weighted by Gasteiger charge is -2.16. The number of methoxy groups -OCH3 is 1. The SMILES string of the molecule is COc1cc(NC(C)=O)c(Cl)cc1C(=O)N[C@@H](CCC(=O)O)C(=O)O. The first-order valence-corrected chi connectivity index (χ1v) is 7.44. The van der Waals surface area contributed by atoms with Crippen LogP contribution >= 0.6 is 11.6 Å². The van der Waals surface area contributed by atoms with Crippen molar-refractivity contribution < 1.29 is 34.1 Å². The quantitative estimate of drug-likeness (QED) is 0.539. The van der Waals surface area contributed by atoms with Crippen LogP contribution in [0.15, 0.2) is 12.1 Å². The molecule has 1 aromatic rings. The van der Waals surface area contributed by atoms with Gasteiger partial charge in [0.2, 0.25) is 5.91 Å². The lowest BCUT2D eigenvalue weighted by atomic mass is 10.1. The lowest BCUT2D eigenvalue weighted by Crippen LogP contribution is -2.41. The van der Waals surface area contributed by atoms with Gasteiger partial charge in [-0.1, -0.05) is 11.6 Å². The Morgan fingerprint density at radius 3 is 2.36 bits per heavy atom. The lowest BCUT2D eigenvalue weighted by molar-refractivity contribution is -0.140. The number of hydrogen-bond acceptors (Lipinski definition) is 5. The highest BCUT2D eigenvalue weighted by Crippen LogP contribution is 2.31. The van der Waals surface area contributed by atoms with Crippen molar-refractivity contribution >= 4 is 41.0 Å². The highest BCUT2D eigenvalue weighted by atomic mass is 35.5. The van der Waals surface area contributed by atoms with E-state index in [2.05, 4.69) is 10.6 Å². The van der Waals surface area contributed by atoms with Crippen LogP contribution < -0.4 is 15.4 Å². The molecule has 0 aliphatic rings. The van der Waals surface area contributed by atoms with Gasteiger partial charge < -0.3 is 25.6 Å². The van der Waals surface area contributed by atoms with Gasteiger partial charge in [0, 0.05) is 19.4 Å². The first-order chi connectivity index (χ1) is 11.6. The van der Waals surface area contributed by atoms with Crippen molar-refractivity contribution in [1.29, 1.82) is 0 Å². The maximum Gasteiger partial charge on any atom is 0.326 e. The number of hydrogen-bond donors (Lipinski definition) is 4. The number of halogens is 1. The molecule has 2 amide bonds. The van der Waals surface area contributed by atoms with Gasteiger partial charge in [0.15, 0.2) is 0 Å². The van der Waals surface area contributed by atoms with E-state index in [1.54, 1.807) is 0 Å². The van der Waals surface area contributed by atoms with Gasteiger partial charge in [-0.15, -0.1) is 0 Å². The largest absolute Gasteiger partial charge is 0.496 e. The van der Waals surface area contributed by atoms with Crippen LogP contribution in [0.4, 0.5) is 5.69 Å². The summed E-state index contributed by atoms with van der Waals surface area (Å²) in [6.45, 7) is 1.28. The summed E-state index contributed by atoms with van der Waals surface area (Å²) in [5, 5.41) is 22.5. The van der Waals surface area contributed by atoms with Crippen LogP contribution in [0.2, 0.25) is 5.02 Å². The molecule has 0 heterocycles. The molecule has 25 heavy (non-hydrogen) atoms. The van der Waals surface area contributed by atoms with Crippen LogP contribution in [0, 0.1) is 0 Å². The van der Waals surface area contributed by atoms with E-state index in [-0.39, 0.29) is 34.4 Å². The number of amides is 2. The maximum absolute atomic E-state index is 12.3. The van der Waals surface area contributed by atoms with Gasteiger partial charge in [-0.3, -0.25) is 14.4 Å². The third-order valence-corrected chi connectivity index (χ3v) is 3.41. The van der Waals surface area contributed by atoms with Crippen molar-refractivity contribution in [2.45, 2.75) is 25.8 Å². The molecule has 0 spiro atoms. The summed E-state index contributed by atoms with van der Waals surface area (Å²) < 4.78 is 5.07. The number of carbonyl (C=O) groups is 4. The molecule has 0 unspecified atom stereocenters. The third-order valence-electron chi connectivity index (χ3n) is 3.09. The van der Waals surface area contributed by atoms with Crippen LogP contribution in [0.1, 0.15) is 30.1 Å². The van der Waals surface area contributed by atoms with Crippen molar-refractivity contribution in [3.8, 4) is 5.75 Å². The Morgan fingerprint density at radius 2 is 1.88 bits per heavy atom. The van der Waals surface area contributed by atoms with E-state index in [0.717, 1.165) is 0 Å². The number of anilines is 1. The molecule has 1 aromatic carbocycles. The summed E-state index contributed by atoms with van der Waals surface area (Å²) >= 11 is 6.00. The molecule has 0 aliphatic heterocycles. The molecule has 136 valence electrons. The number of aliphatic carboxylic acids is 2. The molecule has 9 nitrogen and oxygen atoms in total. The van der Waals surface area contributed by atoms with E-state index in [1.807, 2.05) is 0 Å². The predicted molar refractivity (Wildman–Crippen MR) is 88.1 cm³/mol. The highest BCUT2D eigenvalue weighted by molar-refractivity contribution is 6.34. The minimum atomic E-state index is -1.39. The van der Waals surface area contributed by atoms with Crippen LogP contribution in [-0.4, -0.2) is 47.1 Å². The van der Waals surface area contributed by atoms with Gasteiger partial charge in [-0.25, -0.2) is 4.79 Å². The van der Waals surface area contributed by atoms with Gasteiger partial charge in [0.1, 0.15) is 11.8 Å². The number of nitrogens with one attached hydrogen (secondary N) is 2. The monoisotopic (exact) mass is 372 g/mol. The van der Waals surface area contributed by atoms with Crippen molar-refractivity contribution in [3.05, 3.63) is 22.7 Å². The minimum Gasteiger partial charge on any atom is -0.496 e. The Kier molecular flexibility index (Phi) is 7.19. The molecule has 0 aliphatic carbocycles. The first kappa shape index (κ1) is 20.2. The smallest absolute Gasteiger partial charge is 0.326 e. The molecule has 0 radical (unpaired) electrons. The summed E-state index contributed by atoms with van der Waals surface area (Å²) in [5.74, 6) is -3.66. The highest BCUT2D eigenvalue weighted by Gasteiger charge is 2.24. The van der Waals surface area contributed by atoms with Crippen molar-refractivity contribution in [3.63, 3.8) is 0 Å². The summed E-state index contributed by atoms with van der Waals surface area (Å²) in [6, 6.07) is 1.16. The van der Waals surface area contributed by atoms with Gasteiger partial charge in [0.05, 0.1) is 23.4 Å². The van der Waals surface area contributed by atoms with Gasteiger partial charge in [0.25, 0.3) is 5.91 Å². The van der Waals surface area contributed by atoms with E-state index in [1.165, 1.54) is 26.2 Å². The predicted octanol–water partition coefficient (Wildman–Crippen LogP) is 1.35. The topological polar surface area (TPSA) is 142 Å². The Labute approximate surface area is 147 Å². The molecule has 0 aromatic heterocycles. The number of carboxylic acid groups (broad SMARTS) is 2. The summed E-state index contributed by atoms with van der Waals surface area (Å²) in [4.78, 5) is 45.2. The third kappa shape index (κ3) is 5.96. The summed E-state index contributed by atoms with van der Waals surface area (Å²) in [6.07, 6.45) is -0.701. The number of rotatable bonds is 8. The van der Waals surface area contributed by atoms with E-state index < -0.39 is 30.3 Å². The molecule has 0 bridgehead atoms. The fourth-order valence-corrected chi connectivity index (χ4v) is 2.16. The van der Waals surface area contributed by atoms with Crippen LogP contribution in [0.25, 0.3) is 0 Å². The molecule has 0 saturated heterocycles. The standard InChI is InChI=1S/C15H17ClN2O7/c1-7(19)17-11-6-12(25-2)8(5-9(11)16)14(22)18-10(15(23)24)3-4-13(20)21/h5-6,10H,3-4H2,1-2H3,(H,17,19)(H,18,22)(H,20,21)(H,23,24)/t10-/m0/s1. The molecule has 1 rings (SSSR count). The second-order valence-corrected chi connectivity index (χ2v) is 5.42. The second-order valence-electron chi connectivity index (χ2n) is 5.01. The number of ether oxygens (including phenoxy) is 1. The minimum absolute atomic E-state index is 0.0526. The number of carbonyl (C=O) groups excluding carboxylic acids is 2. The Bertz CT molecular complexity index is 705. The van der Waals surface area contributed by atoms with Crippen molar-refractivity contribution in [2.75, 3.05) is 12.4 Å². The van der Waals surface area contributed by atoms with E-state index in [4.69, 9.17) is 26.6 Å². The van der Waals surface area contributed by atoms with Gasteiger partial charge in [-0.2, -0.15) is 0 Å². The van der Waals surface area contributed by atoms with E-state index in [9.17, 15) is 19.2 Å². The van der Waals surface area contributed by atoms with Crippen molar-refractivity contribution in [2.24, 2.45) is 0 Å². The second kappa shape index (κ2) is 8.88. The van der Waals surface area contributed by atoms with Gasteiger partial charge in [-0.05, 0) is 12.5 Å². The molecule has 1 atom stereocenters. The fourth-order valence-electron chi connectivity index (χ4n) is 1.95. The zero-order chi connectivity index (χ0) is 19.1. The van der Waals surface area contributed by atoms with Crippen LogP contribution in [-0.2, 0) is 14.4 Å². The summed E-state index contributed by atoms with van der Waals surface area (Å²) in [5.41, 5.74) is 0.173. The molecule has 10 heteroatoms. The zero-order valence-corrected chi connectivity index (χ0v) is 14.2. The molecular formula is C15H17ClN2O7. The molecular weight excluding hydrogens is 356 g/mol. The van der Waals surface area contributed by atoms with E-state index in [0.29, 0.717) is 0 Å². The Morgan fingerprint density at radius 1 is 1.24 bits per heavy atom. The number of carboxylic acids is 2. The maximum atomic E-state index is 12.3. The molecule has 4 N–H and O–H groups in total. The van der Waals surface area contributed by atoms with Crippen LogP contribution in [0.3, 0.4) is 0 Å². The zero-order valence-electron chi connectivity index (χ0n) is 13.5. The van der Waals surface area contributed by atoms with Crippen LogP contribution in [0.5, 0.6) is 5.75 Å². The fraction of sp³-hybridized carbons (Fsp3) is 0.333. The Hall–Kier alpha value is -2.81. The first-order valence-electron chi connectivity index (χ1n) is 7.06. The van der Waals surface area contributed by atoms with E-state index >= 15 is 0 Å². The van der Waals surface area contributed by atoms with Gasteiger partial charge >= 0.3 is 11.9 Å². The number of benzene rings is 1. The average Bonchev–Trinajstić information content (AvgIpc) is 2.51. The average molecular weight is 373 g/mol. The van der Waals surface area contributed by atoms with Crippen molar-refractivity contribution in [1.82, 2.24) is 5.32 Å². The molecule has 0 saturated carbocycles. The molecule has 0 fully saturated rings.